The van der Waals surface area contributed by atoms with Gasteiger partial charge >= 0.3 is 13.3 Å². The highest BCUT2D eigenvalue weighted by Gasteiger charge is 2.29. The number of hydrogen-bond donors (Lipinski definition) is 2. The van der Waals surface area contributed by atoms with Crippen LogP contribution in [0.1, 0.15) is 129 Å². The number of ether oxygens (including phenoxy) is 1. The Morgan fingerprint density at radius 3 is 2.02 bits per heavy atom. The lowest BCUT2D eigenvalue weighted by Gasteiger charge is -2.24. The number of carboxylic acid groups (broad SMARTS) is 1. The van der Waals surface area contributed by atoms with Crippen LogP contribution in [0, 0.1) is 0 Å². The van der Waals surface area contributed by atoms with Crippen molar-refractivity contribution < 1.29 is 28.6 Å². The van der Waals surface area contributed by atoms with Gasteiger partial charge in [0.15, 0.2) is 0 Å². The molecular formula is C32H57O6PS. The summed E-state index contributed by atoms with van der Waals surface area (Å²) >= 11 is 2.02. The fourth-order valence-corrected chi connectivity index (χ4v) is 6.65. The molecule has 8 heteroatoms. The number of rotatable bonds is 28. The molecule has 0 saturated carbocycles. The molecule has 1 rings (SSSR count). The minimum atomic E-state index is -4.56. The smallest absolute Gasteiger partial charge is 0.435 e. The van der Waals surface area contributed by atoms with Crippen molar-refractivity contribution in [3.63, 3.8) is 0 Å². The third-order valence-corrected chi connectivity index (χ3v) is 9.92. The normalized spacial score (nSPS) is 14.6. The van der Waals surface area contributed by atoms with Crippen LogP contribution in [-0.4, -0.2) is 46.0 Å². The number of aryl methyl sites for hydroxylation is 1. The zero-order valence-corrected chi connectivity index (χ0v) is 27.0. The molecule has 3 atom stereocenters. The van der Waals surface area contributed by atoms with Crippen molar-refractivity contribution in [1.29, 1.82) is 0 Å². The molecule has 0 radical (unpaired) electrons. The van der Waals surface area contributed by atoms with Crippen LogP contribution in [0.2, 0.25) is 0 Å². The van der Waals surface area contributed by atoms with Crippen LogP contribution in [0.25, 0.3) is 0 Å². The van der Waals surface area contributed by atoms with Crippen LogP contribution in [0.15, 0.2) is 30.3 Å². The summed E-state index contributed by atoms with van der Waals surface area (Å²) in [4.78, 5) is 19.9. The molecule has 1 aromatic carbocycles. The van der Waals surface area contributed by atoms with E-state index in [1.165, 1.54) is 108 Å². The van der Waals surface area contributed by atoms with E-state index in [0.717, 1.165) is 12.2 Å². The molecule has 1 unspecified atom stereocenters. The fourth-order valence-electron chi connectivity index (χ4n) is 4.81. The summed E-state index contributed by atoms with van der Waals surface area (Å²) in [7, 11) is -4.56. The largest absolute Gasteiger partial charge is 0.472 e. The summed E-state index contributed by atoms with van der Waals surface area (Å²) in [6.07, 6.45) is 22.5. The van der Waals surface area contributed by atoms with E-state index in [4.69, 9.17) is 9.84 Å². The maximum atomic E-state index is 11.3. The molecule has 0 bridgehead atoms. The predicted molar refractivity (Wildman–Crippen MR) is 170 cm³/mol. The summed E-state index contributed by atoms with van der Waals surface area (Å²) in [5.41, 5.74) is -0.352. The van der Waals surface area contributed by atoms with E-state index in [1.54, 1.807) is 0 Å². The minimum absolute atomic E-state index is 0.0873. The van der Waals surface area contributed by atoms with Gasteiger partial charge in [0.1, 0.15) is 0 Å². The van der Waals surface area contributed by atoms with Crippen molar-refractivity contribution in [2.45, 2.75) is 141 Å². The van der Waals surface area contributed by atoms with Crippen LogP contribution in [-0.2, 0) is 20.2 Å². The molecule has 0 saturated heterocycles. The molecule has 0 spiro atoms. The molecule has 1 aromatic rings. The lowest BCUT2D eigenvalue weighted by molar-refractivity contribution is 0.0537. The fraction of sp³-hybridized carbons (Fsp3) is 0.781. The zero-order valence-electron chi connectivity index (χ0n) is 25.3. The van der Waals surface area contributed by atoms with Crippen LogP contribution < -0.4 is 0 Å². The summed E-state index contributed by atoms with van der Waals surface area (Å²) in [6.45, 7) is 4.63. The molecule has 0 fully saturated rings. The summed E-state index contributed by atoms with van der Waals surface area (Å²) < 4.78 is 22.0. The van der Waals surface area contributed by atoms with Gasteiger partial charge in [-0.2, -0.15) is 11.8 Å². The van der Waals surface area contributed by atoms with Crippen molar-refractivity contribution in [2.24, 2.45) is 0 Å². The Balaban J connectivity index is 2.11. The number of hydrogen-bond acceptors (Lipinski definition) is 5. The first kappa shape index (κ1) is 37.2. The van der Waals surface area contributed by atoms with Crippen LogP contribution >= 0.6 is 19.4 Å². The summed E-state index contributed by atoms with van der Waals surface area (Å²) in [5, 5.41) is 9.10. The van der Waals surface area contributed by atoms with Gasteiger partial charge < -0.3 is 19.3 Å². The van der Waals surface area contributed by atoms with E-state index in [2.05, 4.69) is 48.7 Å². The molecule has 0 aliphatic carbocycles. The molecule has 0 amide bonds. The van der Waals surface area contributed by atoms with Gasteiger partial charge in [0.25, 0.3) is 0 Å². The second-order valence-electron chi connectivity index (χ2n) is 10.9. The Morgan fingerprint density at radius 2 is 1.40 bits per heavy atom. The van der Waals surface area contributed by atoms with Crippen LogP contribution in [0.3, 0.4) is 0 Å². The van der Waals surface area contributed by atoms with Gasteiger partial charge in [-0.05, 0) is 50.3 Å². The third kappa shape index (κ3) is 20.1. The Labute approximate surface area is 248 Å². The number of unbranched alkanes of at least 4 members (excludes halogenated alkanes) is 13. The van der Waals surface area contributed by atoms with Gasteiger partial charge in [-0.25, -0.2) is 9.36 Å². The lowest BCUT2D eigenvalue weighted by Crippen LogP contribution is -2.25. The third-order valence-electron chi connectivity index (χ3n) is 7.33. The Hall–Kier alpha value is -0.850. The van der Waals surface area contributed by atoms with Gasteiger partial charge in [0.2, 0.25) is 0 Å². The Kier molecular flexibility index (Phi) is 23.0. The first-order valence-electron chi connectivity index (χ1n) is 15.8. The summed E-state index contributed by atoms with van der Waals surface area (Å²) in [6, 6.07) is 10.8. The minimum Gasteiger partial charge on any atom is -0.472 e. The van der Waals surface area contributed by atoms with E-state index in [1.807, 2.05) is 11.8 Å². The van der Waals surface area contributed by atoms with Gasteiger partial charge in [0, 0.05) is 11.9 Å². The van der Waals surface area contributed by atoms with Gasteiger partial charge in [-0.1, -0.05) is 121 Å². The molecule has 0 aliphatic heterocycles. The maximum Gasteiger partial charge on any atom is 0.435 e. The number of thioether (sulfide) groups is 1. The Morgan fingerprint density at radius 1 is 0.825 bits per heavy atom. The van der Waals surface area contributed by atoms with Gasteiger partial charge in [-0.15, -0.1) is 0 Å². The van der Waals surface area contributed by atoms with E-state index in [9.17, 15) is 14.3 Å². The molecule has 232 valence electrons. The first-order chi connectivity index (χ1) is 19.4. The van der Waals surface area contributed by atoms with Crippen LogP contribution in [0.5, 0.6) is 0 Å². The molecule has 0 heterocycles. The van der Waals surface area contributed by atoms with E-state index < -0.39 is 13.3 Å². The number of carbonyl (C=O) groups is 1. The van der Waals surface area contributed by atoms with Crippen LogP contribution in [0.4, 0.5) is 4.79 Å². The monoisotopic (exact) mass is 600 g/mol. The van der Waals surface area contributed by atoms with E-state index in [-0.39, 0.29) is 12.7 Å². The highest BCUT2D eigenvalue weighted by molar-refractivity contribution is 7.99. The maximum absolute atomic E-state index is 11.3. The second-order valence-corrected chi connectivity index (χ2v) is 14.0. The predicted octanol–water partition coefficient (Wildman–Crippen LogP) is 10.3. The van der Waals surface area contributed by atoms with Gasteiger partial charge in [-0.3, -0.25) is 0 Å². The van der Waals surface area contributed by atoms with Crippen molar-refractivity contribution in [3.05, 3.63) is 35.9 Å². The van der Waals surface area contributed by atoms with Crippen molar-refractivity contribution >= 4 is 25.1 Å². The standard InChI is InChI=1S/C32H57O6PS/c1-3-4-5-12-19-25-31(29(2)37-26-21-27-38-39(35,36)32(33)34)40-28-20-14-11-9-7-6-8-10-13-16-22-30-23-17-15-18-24-30/h15,17-18,23-24,29,31H,3-14,16,19-22,25-28H2,1-2H3,(H,33,34)(H,35,36)/t29-,31+/m0/s1. The topological polar surface area (TPSA) is 93.1 Å². The average Bonchev–Trinajstić information content (AvgIpc) is 2.94. The molecule has 0 aromatic heterocycles. The van der Waals surface area contributed by atoms with Crippen molar-refractivity contribution in [1.82, 2.24) is 0 Å². The molecular weight excluding hydrogens is 543 g/mol. The van der Waals surface area contributed by atoms with E-state index >= 15 is 0 Å². The van der Waals surface area contributed by atoms with Crippen molar-refractivity contribution in [2.75, 3.05) is 19.0 Å². The number of benzene rings is 1. The highest BCUT2D eigenvalue weighted by atomic mass is 32.2. The quantitative estimate of drug-likeness (QED) is 0.0730. The second kappa shape index (κ2) is 24.7. The highest BCUT2D eigenvalue weighted by Crippen LogP contribution is 2.42. The molecule has 0 aliphatic rings. The molecule has 6 nitrogen and oxygen atoms in total. The Bertz CT molecular complexity index is 778. The summed E-state index contributed by atoms with van der Waals surface area (Å²) in [5.74, 6) is 1.16. The van der Waals surface area contributed by atoms with Gasteiger partial charge in [0.05, 0.1) is 12.7 Å². The molecule has 40 heavy (non-hydrogen) atoms. The first-order valence-corrected chi connectivity index (χ1v) is 18.5. The SMILES string of the molecule is CCCCCCC[C@@H](SCCCCCCCCCCCCc1ccccc1)[C@H](C)OCCCOP(=O)(O)C(=O)O. The average molecular weight is 601 g/mol. The molecule has 2 N–H and O–H groups in total. The van der Waals surface area contributed by atoms with E-state index in [0.29, 0.717) is 18.3 Å². The lowest BCUT2D eigenvalue weighted by atomic mass is 10.0. The van der Waals surface area contributed by atoms with Crippen molar-refractivity contribution in [3.8, 4) is 0 Å². The zero-order chi connectivity index (χ0) is 29.3.